The summed E-state index contributed by atoms with van der Waals surface area (Å²) in [5.41, 5.74) is 0.562. The average molecular weight is 353 g/mol. The number of halogens is 2. The Morgan fingerprint density at radius 2 is 1.92 bits per heavy atom. The second-order valence-corrected chi connectivity index (χ2v) is 6.97. The molecule has 1 amide bonds. The van der Waals surface area contributed by atoms with Crippen LogP contribution in [0.2, 0.25) is 0 Å². The zero-order valence-corrected chi connectivity index (χ0v) is 13.2. The predicted molar refractivity (Wildman–Crippen MR) is 83.9 cm³/mol. The summed E-state index contributed by atoms with van der Waals surface area (Å²) in [7, 11) is -3.97. The molecule has 0 saturated heterocycles. The van der Waals surface area contributed by atoms with Gasteiger partial charge in [0.15, 0.2) is 6.17 Å². The number of hydrogen-bond acceptors (Lipinski definition) is 4. The van der Waals surface area contributed by atoms with E-state index in [1.54, 1.807) is 6.92 Å². The van der Waals surface area contributed by atoms with E-state index in [2.05, 4.69) is 15.4 Å². The van der Waals surface area contributed by atoms with Crippen LogP contribution < -0.4 is 15.4 Å². The average Bonchev–Trinajstić information content (AvgIpc) is 2.49. The number of carbonyl (C=O) groups excluding carboxylic acids is 1. The Kier molecular flexibility index (Phi) is 3.98. The van der Waals surface area contributed by atoms with E-state index >= 15 is 0 Å². The van der Waals surface area contributed by atoms with E-state index < -0.39 is 33.7 Å². The number of anilines is 2. The number of amides is 1. The van der Waals surface area contributed by atoms with Gasteiger partial charge in [-0.1, -0.05) is 6.07 Å². The summed E-state index contributed by atoms with van der Waals surface area (Å²) in [5.74, 6) is -1.90. The minimum atomic E-state index is -3.97. The van der Waals surface area contributed by atoms with E-state index in [1.165, 1.54) is 12.1 Å². The standard InChI is InChI=1S/C15H13F2N3O3S/c1-8-2-4-10(7-11(8)17)18-15(21)14-19-12-6-9(16)3-5-13(12)24(22,23)20-14/h2-7,14,19-20H,1H3,(H,18,21). The van der Waals surface area contributed by atoms with Crippen molar-refractivity contribution in [3.8, 4) is 0 Å². The van der Waals surface area contributed by atoms with E-state index in [9.17, 15) is 22.0 Å². The Bertz CT molecular complexity index is 932. The summed E-state index contributed by atoms with van der Waals surface area (Å²) in [4.78, 5) is 12.1. The summed E-state index contributed by atoms with van der Waals surface area (Å²) in [6.07, 6.45) is -1.35. The molecule has 24 heavy (non-hydrogen) atoms. The molecule has 0 fully saturated rings. The SMILES string of the molecule is Cc1ccc(NC(=O)C2Nc3cc(F)ccc3S(=O)(=O)N2)cc1F. The second-order valence-electron chi connectivity index (χ2n) is 5.29. The molecule has 3 rings (SSSR count). The van der Waals surface area contributed by atoms with Crippen molar-refractivity contribution < 1.29 is 22.0 Å². The first kappa shape index (κ1) is 16.3. The molecule has 0 radical (unpaired) electrons. The highest BCUT2D eigenvalue weighted by Crippen LogP contribution is 2.27. The summed E-state index contributed by atoms with van der Waals surface area (Å²) in [6.45, 7) is 1.57. The molecular formula is C15H13F2N3O3S. The first-order chi connectivity index (χ1) is 11.3. The van der Waals surface area contributed by atoms with E-state index in [0.29, 0.717) is 5.56 Å². The highest BCUT2D eigenvalue weighted by Gasteiger charge is 2.33. The maximum atomic E-state index is 13.5. The molecule has 0 saturated carbocycles. The summed E-state index contributed by atoms with van der Waals surface area (Å²) in [5, 5.41) is 5.00. The number of fused-ring (bicyclic) bond motifs is 1. The molecule has 1 aliphatic heterocycles. The normalized spacial score (nSPS) is 18.4. The summed E-state index contributed by atoms with van der Waals surface area (Å²) < 4.78 is 53.2. The van der Waals surface area contributed by atoms with Crippen molar-refractivity contribution in [1.82, 2.24) is 4.72 Å². The van der Waals surface area contributed by atoms with E-state index in [0.717, 1.165) is 24.3 Å². The number of nitrogens with one attached hydrogen (secondary N) is 3. The lowest BCUT2D eigenvalue weighted by molar-refractivity contribution is -0.117. The van der Waals surface area contributed by atoms with Crippen LogP contribution in [0.4, 0.5) is 20.2 Å². The van der Waals surface area contributed by atoms with Crippen molar-refractivity contribution in [2.45, 2.75) is 18.0 Å². The lowest BCUT2D eigenvalue weighted by Gasteiger charge is -2.27. The van der Waals surface area contributed by atoms with Crippen LogP contribution in [0.1, 0.15) is 5.56 Å². The molecule has 0 spiro atoms. The maximum absolute atomic E-state index is 13.5. The minimum absolute atomic E-state index is 0.0241. The lowest BCUT2D eigenvalue weighted by Crippen LogP contribution is -2.51. The van der Waals surface area contributed by atoms with Crippen molar-refractivity contribution in [2.75, 3.05) is 10.6 Å². The molecule has 0 aromatic heterocycles. The summed E-state index contributed by atoms with van der Waals surface area (Å²) in [6, 6.07) is 7.19. The third kappa shape index (κ3) is 3.08. The van der Waals surface area contributed by atoms with Gasteiger partial charge < -0.3 is 10.6 Å². The Morgan fingerprint density at radius 1 is 1.17 bits per heavy atom. The van der Waals surface area contributed by atoms with Crippen LogP contribution in [0.15, 0.2) is 41.3 Å². The van der Waals surface area contributed by atoms with Crippen molar-refractivity contribution in [2.24, 2.45) is 0 Å². The second kappa shape index (κ2) is 5.84. The molecule has 126 valence electrons. The van der Waals surface area contributed by atoms with Gasteiger partial charge in [-0.2, -0.15) is 4.72 Å². The molecule has 1 atom stereocenters. The zero-order chi connectivity index (χ0) is 17.5. The fraction of sp³-hybridized carbons (Fsp3) is 0.133. The van der Waals surface area contributed by atoms with Gasteiger partial charge in [-0.25, -0.2) is 17.2 Å². The third-order valence-electron chi connectivity index (χ3n) is 3.51. The fourth-order valence-electron chi connectivity index (χ4n) is 2.26. The monoisotopic (exact) mass is 353 g/mol. The zero-order valence-electron chi connectivity index (χ0n) is 12.4. The van der Waals surface area contributed by atoms with E-state index in [-0.39, 0.29) is 16.3 Å². The smallest absolute Gasteiger partial charge is 0.262 e. The van der Waals surface area contributed by atoms with Crippen LogP contribution in [0.25, 0.3) is 0 Å². The molecular weight excluding hydrogens is 340 g/mol. The number of aryl methyl sites for hydroxylation is 1. The number of rotatable bonds is 2. The van der Waals surface area contributed by atoms with E-state index in [1.807, 2.05) is 0 Å². The van der Waals surface area contributed by atoms with Crippen LogP contribution in [0.5, 0.6) is 0 Å². The van der Waals surface area contributed by atoms with E-state index in [4.69, 9.17) is 0 Å². The molecule has 0 bridgehead atoms. The predicted octanol–water partition coefficient (Wildman–Crippen LogP) is 1.94. The first-order valence-electron chi connectivity index (χ1n) is 6.92. The van der Waals surface area contributed by atoms with Crippen molar-refractivity contribution in [3.63, 3.8) is 0 Å². The largest absolute Gasteiger partial charge is 0.360 e. The number of hydrogen-bond donors (Lipinski definition) is 3. The van der Waals surface area contributed by atoms with Gasteiger partial charge in [0, 0.05) is 5.69 Å². The minimum Gasteiger partial charge on any atom is -0.360 e. The molecule has 6 nitrogen and oxygen atoms in total. The van der Waals surface area contributed by atoms with Crippen LogP contribution in [-0.2, 0) is 14.8 Å². The quantitative estimate of drug-likeness (QED) is 0.770. The molecule has 1 aliphatic rings. The Hall–Kier alpha value is -2.52. The van der Waals surface area contributed by atoms with Crippen molar-refractivity contribution in [1.29, 1.82) is 0 Å². The first-order valence-corrected chi connectivity index (χ1v) is 8.40. The highest BCUT2D eigenvalue weighted by atomic mass is 32.2. The number of benzene rings is 2. The van der Waals surface area contributed by atoms with Gasteiger partial charge in [0.05, 0.1) is 5.69 Å². The van der Waals surface area contributed by atoms with Crippen LogP contribution in [0.3, 0.4) is 0 Å². The van der Waals surface area contributed by atoms with Crippen LogP contribution >= 0.6 is 0 Å². The molecule has 0 aliphatic carbocycles. The molecule has 1 unspecified atom stereocenters. The summed E-state index contributed by atoms with van der Waals surface area (Å²) >= 11 is 0. The lowest BCUT2D eigenvalue weighted by atomic mass is 10.2. The van der Waals surface area contributed by atoms with Gasteiger partial charge in [0.1, 0.15) is 16.5 Å². The maximum Gasteiger partial charge on any atom is 0.262 e. The number of carbonyl (C=O) groups is 1. The Labute approximate surface area is 136 Å². The number of sulfonamides is 1. The molecule has 3 N–H and O–H groups in total. The highest BCUT2D eigenvalue weighted by molar-refractivity contribution is 7.89. The van der Waals surface area contributed by atoms with Crippen LogP contribution in [0, 0.1) is 18.6 Å². The van der Waals surface area contributed by atoms with Gasteiger partial charge in [-0.3, -0.25) is 4.79 Å². The molecule has 1 heterocycles. The van der Waals surface area contributed by atoms with Gasteiger partial charge >= 0.3 is 0 Å². The van der Waals surface area contributed by atoms with Gasteiger partial charge in [-0.05, 0) is 42.8 Å². The van der Waals surface area contributed by atoms with Gasteiger partial charge in [0.2, 0.25) is 10.0 Å². The third-order valence-corrected chi connectivity index (χ3v) is 4.99. The topological polar surface area (TPSA) is 87.3 Å². The fourth-order valence-corrected chi connectivity index (χ4v) is 3.51. The van der Waals surface area contributed by atoms with Crippen molar-refractivity contribution in [3.05, 3.63) is 53.6 Å². The van der Waals surface area contributed by atoms with Gasteiger partial charge in [0.25, 0.3) is 5.91 Å². The van der Waals surface area contributed by atoms with Gasteiger partial charge in [-0.15, -0.1) is 0 Å². The molecule has 9 heteroatoms. The van der Waals surface area contributed by atoms with Crippen LogP contribution in [-0.4, -0.2) is 20.5 Å². The Balaban J connectivity index is 1.85. The Morgan fingerprint density at radius 3 is 2.62 bits per heavy atom. The van der Waals surface area contributed by atoms with Crippen molar-refractivity contribution >= 4 is 27.3 Å². The molecule has 2 aromatic rings. The molecule has 2 aromatic carbocycles.